The van der Waals surface area contributed by atoms with E-state index in [1.165, 1.54) is 12.8 Å². The zero-order valence-corrected chi connectivity index (χ0v) is 11.3. The maximum Gasteiger partial charge on any atom is 0.298 e. The summed E-state index contributed by atoms with van der Waals surface area (Å²) < 4.78 is 5.73. The Labute approximate surface area is 109 Å². The summed E-state index contributed by atoms with van der Waals surface area (Å²) in [4.78, 5) is 16.1. The lowest BCUT2D eigenvalue weighted by Gasteiger charge is -2.33. The van der Waals surface area contributed by atoms with E-state index in [2.05, 4.69) is 23.8 Å². The molecule has 100 valence electrons. The number of carbonyl (C=O) groups is 1. The first-order valence-corrected chi connectivity index (χ1v) is 6.71. The zero-order valence-electron chi connectivity index (χ0n) is 11.3. The molecule has 1 unspecified atom stereocenters. The Bertz CT molecular complexity index is 355. The van der Waals surface area contributed by atoms with Crippen LogP contribution in [0.1, 0.15) is 19.8 Å². The van der Waals surface area contributed by atoms with Crippen molar-refractivity contribution in [1.29, 1.82) is 0 Å². The zero-order chi connectivity index (χ0) is 13.0. The molecular formula is C14H22N2O2. The number of hydrogen-bond donors (Lipinski definition) is 0. The minimum Gasteiger partial charge on any atom is -0.374 e. The molecule has 0 aromatic heterocycles. The molecule has 2 rings (SSSR count). The lowest BCUT2D eigenvalue weighted by atomic mass is 10.2. The molecular weight excluding hydrogens is 228 g/mol. The van der Waals surface area contributed by atoms with Crippen molar-refractivity contribution >= 4 is 5.91 Å². The summed E-state index contributed by atoms with van der Waals surface area (Å²) in [6.07, 6.45) is 2.62. The van der Waals surface area contributed by atoms with Crippen LogP contribution >= 0.6 is 0 Å². The van der Waals surface area contributed by atoms with Crippen LogP contribution < -0.4 is 0 Å². The molecule has 1 aliphatic carbocycles. The largest absolute Gasteiger partial charge is 0.374 e. The minimum absolute atomic E-state index is 0.0544. The molecule has 1 amide bonds. The van der Waals surface area contributed by atoms with Crippen LogP contribution in [0.15, 0.2) is 0 Å². The maximum atomic E-state index is 11.9. The first kappa shape index (κ1) is 13.4. The number of morpholine rings is 1. The molecule has 0 N–H and O–H groups in total. The Balaban J connectivity index is 1.89. The average Bonchev–Trinajstić information content (AvgIpc) is 3.12. The highest BCUT2D eigenvalue weighted by Crippen LogP contribution is 2.29. The van der Waals surface area contributed by atoms with Crippen LogP contribution in [-0.4, -0.2) is 61.6 Å². The van der Waals surface area contributed by atoms with Gasteiger partial charge in [-0.25, -0.2) is 0 Å². The third kappa shape index (κ3) is 4.01. The quantitative estimate of drug-likeness (QED) is 0.684. The first-order chi connectivity index (χ1) is 8.69. The topological polar surface area (TPSA) is 32.8 Å². The highest BCUT2D eigenvalue weighted by Gasteiger charge is 2.29. The van der Waals surface area contributed by atoms with Crippen molar-refractivity contribution in [2.24, 2.45) is 5.92 Å². The molecule has 0 aromatic carbocycles. The molecule has 1 saturated carbocycles. The summed E-state index contributed by atoms with van der Waals surface area (Å²) in [5, 5.41) is 0. The molecule has 2 aliphatic rings. The van der Waals surface area contributed by atoms with Gasteiger partial charge >= 0.3 is 0 Å². The van der Waals surface area contributed by atoms with Crippen LogP contribution in [0.3, 0.4) is 0 Å². The van der Waals surface area contributed by atoms with Gasteiger partial charge in [0.15, 0.2) is 0 Å². The number of carbonyl (C=O) groups excluding carboxylic acids is 1. The Morgan fingerprint density at radius 2 is 2.22 bits per heavy atom. The second kappa shape index (κ2) is 6.21. The molecule has 2 fully saturated rings. The molecule has 1 atom stereocenters. The van der Waals surface area contributed by atoms with Gasteiger partial charge in [-0.2, -0.15) is 0 Å². The number of nitrogens with zero attached hydrogens (tertiary/aromatic N) is 2. The van der Waals surface area contributed by atoms with Crippen molar-refractivity contribution in [2.75, 3.05) is 39.8 Å². The Hall–Kier alpha value is -1.05. The third-order valence-electron chi connectivity index (χ3n) is 3.46. The number of hydrogen-bond acceptors (Lipinski definition) is 3. The van der Waals surface area contributed by atoms with Crippen LogP contribution in [0.4, 0.5) is 0 Å². The number of rotatable bonds is 4. The predicted molar refractivity (Wildman–Crippen MR) is 70.0 cm³/mol. The summed E-state index contributed by atoms with van der Waals surface area (Å²) in [6, 6.07) is 0. The van der Waals surface area contributed by atoms with Gasteiger partial charge in [0.1, 0.15) is 0 Å². The normalized spacial score (nSPS) is 24.2. The summed E-state index contributed by atoms with van der Waals surface area (Å²) in [5.74, 6) is 5.98. The Kier molecular flexibility index (Phi) is 4.62. The molecule has 0 aromatic rings. The summed E-state index contributed by atoms with van der Waals surface area (Å²) in [5.41, 5.74) is 0. The van der Waals surface area contributed by atoms with Gasteiger partial charge in [-0.3, -0.25) is 4.79 Å². The van der Waals surface area contributed by atoms with Crippen LogP contribution in [0.2, 0.25) is 0 Å². The van der Waals surface area contributed by atoms with Crippen molar-refractivity contribution in [1.82, 2.24) is 9.80 Å². The summed E-state index contributed by atoms with van der Waals surface area (Å²) >= 11 is 0. The van der Waals surface area contributed by atoms with Gasteiger partial charge in [0.2, 0.25) is 0 Å². The van der Waals surface area contributed by atoms with E-state index in [1.807, 2.05) is 4.90 Å². The van der Waals surface area contributed by atoms with Crippen LogP contribution in [0.5, 0.6) is 0 Å². The van der Waals surface area contributed by atoms with E-state index < -0.39 is 0 Å². The van der Waals surface area contributed by atoms with E-state index >= 15 is 0 Å². The van der Waals surface area contributed by atoms with Gasteiger partial charge in [-0.15, -0.1) is 0 Å². The van der Waals surface area contributed by atoms with Crippen molar-refractivity contribution < 1.29 is 9.53 Å². The third-order valence-corrected chi connectivity index (χ3v) is 3.46. The lowest BCUT2D eigenvalue weighted by Crippen LogP contribution is -2.47. The predicted octanol–water partition coefficient (Wildman–Crippen LogP) is 0.579. The van der Waals surface area contributed by atoms with Crippen LogP contribution in [0, 0.1) is 17.8 Å². The van der Waals surface area contributed by atoms with Crippen LogP contribution in [0.25, 0.3) is 0 Å². The summed E-state index contributed by atoms with van der Waals surface area (Å²) in [6.45, 7) is 5.85. The van der Waals surface area contributed by atoms with E-state index in [9.17, 15) is 4.79 Å². The van der Waals surface area contributed by atoms with Gasteiger partial charge in [0.05, 0.1) is 12.7 Å². The molecule has 0 radical (unpaired) electrons. The van der Waals surface area contributed by atoms with E-state index in [4.69, 9.17) is 4.74 Å². The lowest BCUT2D eigenvalue weighted by molar-refractivity contribution is -0.128. The summed E-state index contributed by atoms with van der Waals surface area (Å²) in [7, 11) is 2.09. The standard InChI is InChI=1S/C14H22N2O2/c1-3-4-14(17)16(9-12-5-6-12)11-13-10-15(2)7-8-18-13/h12-13H,5-11H2,1-2H3. The fourth-order valence-corrected chi connectivity index (χ4v) is 2.26. The van der Waals surface area contributed by atoms with Gasteiger partial charge in [-0.05, 0) is 38.7 Å². The van der Waals surface area contributed by atoms with Crippen molar-refractivity contribution in [3.63, 3.8) is 0 Å². The van der Waals surface area contributed by atoms with E-state index in [1.54, 1.807) is 6.92 Å². The molecule has 0 spiro atoms. The van der Waals surface area contributed by atoms with Gasteiger partial charge in [-0.1, -0.05) is 5.92 Å². The molecule has 4 heteroatoms. The molecule has 1 aliphatic heterocycles. The maximum absolute atomic E-state index is 11.9. The fourth-order valence-electron chi connectivity index (χ4n) is 2.26. The van der Waals surface area contributed by atoms with Crippen molar-refractivity contribution in [3.8, 4) is 11.8 Å². The molecule has 1 heterocycles. The highest BCUT2D eigenvalue weighted by molar-refractivity contribution is 5.93. The SMILES string of the molecule is CC#CC(=O)N(CC1CC1)CC1CN(C)CCO1. The highest BCUT2D eigenvalue weighted by atomic mass is 16.5. The van der Waals surface area contributed by atoms with Gasteiger partial charge in [0.25, 0.3) is 5.91 Å². The van der Waals surface area contributed by atoms with Crippen molar-refractivity contribution in [3.05, 3.63) is 0 Å². The fraction of sp³-hybridized carbons (Fsp3) is 0.786. The first-order valence-electron chi connectivity index (χ1n) is 6.71. The molecule has 0 bridgehead atoms. The van der Waals surface area contributed by atoms with E-state index in [0.29, 0.717) is 12.5 Å². The number of amides is 1. The molecule has 4 nitrogen and oxygen atoms in total. The number of likely N-dealkylation sites (N-methyl/N-ethyl adjacent to an activating group) is 1. The molecule has 1 saturated heterocycles. The second-order valence-electron chi connectivity index (χ2n) is 5.28. The van der Waals surface area contributed by atoms with Crippen molar-refractivity contribution in [2.45, 2.75) is 25.9 Å². The Morgan fingerprint density at radius 3 is 2.83 bits per heavy atom. The number of ether oxygens (including phenoxy) is 1. The van der Waals surface area contributed by atoms with Gasteiger partial charge < -0.3 is 14.5 Å². The molecule has 18 heavy (non-hydrogen) atoms. The average molecular weight is 250 g/mol. The minimum atomic E-state index is -0.0544. The monoisotopic (exact) mass is 250 g/mol. The Morgan fingerprint density at radius 1 is 1.44 bits per heavy atom. The van der Waals surface area contributed by atoms with Gasteiger partial charge in [0, 0.05) is 26.2 Å². The van der Waals surface area contributed by atoms with Crippen LogP contribution in [-0.2, 0) is 9.53 Å². The second-order valence-corrected chi connectivity index (χ2v) is 5.28. The van der Waals surface area contributed by atoms with E-state index in [-0.39, 0.29) is 12.0 Å². The smallest absolute Gasteiger partial charge is 0.298 e. The van der Waals surface area contributed by atoms with E-state index in [0.717, 1.165) is 26.2 Å².